The molecule has 2 aromatic carbocycles. The lowest BCUT2D eigenvalue weighted by Gasteiger charge is -2.20. The number of aryl methyl sites for hydroxylation is 1. The van der Waals surface area contributed by atoms with Crippen molar-refractivity contribution < 1.29 is 17.6 Å². The van der Waals surface area contributed by atoms with Crippen LogP contribution in [-0.2, 0) is 27.8 Å². The Morgan fingerprint density at radius 2 is 1.52 bits per heavy atom. The molecular formula is C20H25FN2O3S. The van der Waals surface area contributed by atoms with Crippen LogP contribution in [0.5, 0.6) is 0 Å². The summed E-state index contributed by atoms with van der Waals surface area (Å²) in [4.78, 5) is 12.1. The Kier molecular flexibility index (Phi) is 6.73. The smallest absolute Gasteiger partial charge is 0.241 e. The van der Waals surface area contributed by atoms with Crippen LogP contribution in [0.3, 0.4) is 0 Å². The van der Waals surface area contributed by atoms with Crippen LogP contribution < -0.4 is 10.0 Å². The normalized spacial score (nSPS) is 12.0. The Bertz CT molecular complexity index is 871. The summed E-state index contributed by atoms with van der Waals surface area (Å²) in [5, 5.41) is 2.78. The summed E-state index contributed by atoms with van der Waals surface area (Å²) in [7, 11) is -3.56. The Morgan fingerprint density at radius 3 is 2.07 bits per heavy atom. The number of rotatable bonds is 7. The van der Waals surface area contributed by atoms with E-state index in [9.17, 15) is 17.6 Å². The molecular weight excluding hydrogens is 367 g/mol. The molecule has 0 saturated heterocycles. The van der Waals surface area contributed by atoms with Gasteiger partial charge in [0.1, 0.15) is 5.82 Å². The summed E-state index contributed by atoms with van der Waals surface area (Å²) >= 11 is 0. The number of nitrogens with one attached hydrogen (secondary N) is 2. The van der Waals surface area contributed by atoms with Gasteiger partial charge in [-0.3, -0.25) is 4.79 Å². The van der Waals surface area contributed by atoms with Gasteiger partial charge in [0.15, 0.2) is 0 Å². The third-order valence-electron chi connectivity index (χ3n) is 3.72. The molecule has 0 unspecified atom stereocenters. The summed E-state index contributed by atoms with van der Waals surface area (Å²) in [6.07, 6.45) is 0.788. The maximum Gasteiger partial charge on any atom is 0.241 e. The molecule has 0 aliphatic carbocycles. The Labute approximate surface area is 160 Å². The molecule has 146 valence electrons. The van der Waals surface area contributed by atoms with Crippen molar-refractivity contribution in [3.63, 3.8) is 0 Å². The van der Waals surface area contributed by atoms with E-state index in [4.69, 9.17) is 0 Å². The lowest BCUT2D eigenvalue weighted by atomic mass is 10.1. The zero-order valence-corrected chi connectivity index (χ0v) is 16.6. The lowest BCUT2D eigenvalue weighted by molar-refractivity contribution is -0.121. The summed E-state index contributed by atoms with van der Waals surface area (Å²) in [5.74, 6) is -0.432. The second-order valence-corrected chi connectivity index (χ2v) is 9.09. The van der Waals surface area contributed by atoms with Crippen molar-refractivity contribution in [1.29, 1.82) is 0 Å². The number of benzene rings is 2. The van der Waals surface area contributed by atoms with Gasteiger partial charge in [0, 0.05) is 18.5 Å². The summed E-state index contributed by atoms with van der Waals surface area (Å²) in [5.41, 5.74) is 1.15. The summed E-state index contributed by atoms with van der Waals surface area (Å²) in [6, 6.07) is 12.5. The number of sulfonamides is 1. The fourth-order valence-electron chi connectivity index (χ4n) is 2.45. The van der Waals surface area contributed by atoms with Gasteiger partial charge in [-0.15, -0.1) is 0 Å². The number of carbonyl (C=O) groups excluding carboxylic acids is 1. The van der Waals surface area contributed by atoms with Crippen molar-refractivity contribution in [2.45, 2.75) is 50.6 Å². The van der Waals surface area contributed by atoms with Crippen molar-refractivity contribution in [3.05, 3.63) is 65.5 Å². The van der Waals surface area contributed by atoms with Gasteiger partial charge in [0.05, 0.1) is 4.90 Å². The first kappa shape index (κ1) is 21.1. The van der Waals surface area contributed by atoms with Crippen LogP contribution in [0, 0.1) is 5.82 Å². The predicted molar refractivity (Wildman–Crippen MR) is 103 cm³/mol. The molecule has 0 aliphatic rings. The van der Waals surface area contributed by atoms with Crippen LogP contribution in [0.2, 0.25) is 0 Å². The van der Waals surface area contributed by atoms with Crippen LogP contribution in [0.4, 0.5) is 4.39 Å². The molecule has 2 N–H and O–H groups in total. The molecule has 0 radical (unpaired) electrons. The molecule has 0 fully saturated rings. The highest BCUT2D eigenvalue weighted by atomic mass is 32.2. The van der Waals surface area contributed by atoms with Crippen molar-refractivity contribution in [1.82, 2.24) is 10.0 Å². The molecule has 2 rings (SSSR count). The van der Waals surface area contributed by atoms with E-state index in [0.29, 0.717) is 13.0 Å². The first-order valence-electron chi connectivity index (χ1n) is 8.69. The summed E-state index contributed by atoms with van der Waals surface area (Å²) in [6.45, 7) is 5.69. The van der Waals surface area contributed by atoms with Crippen molar-refractivity contribution in [2.24, 2.45) is 0 Å². The highest BCUT2D eigenvalue weighted by Crippen LogP contribution is 2.14. The van der Waals surface area contributed by atoms with Gasteiger partial charge in [0.2, 0.25) is 15.9 Å². The van der Waals surface area contributed by atoms with Crippen molar-refractivity contribution in [2.75, 3.05) is 0 Å². The molecule has 0 aliphatic heterocycles. The topological polar surface area (TPSA) is 75.3 Å². The minimum Gasteiger partial charge on any atom is -0.352 e. The summed E-state index contributed by atoms with van der Waals surface area (Å²) < 4.78 is 40.0. The third-order valence-corrected chi connectivity index (χ3v) is 5.49. The largest absolute Gasteiger partial charge is 0.352 e. The highest BCUT2D eigenvalue weighted by molar-refractivity contribution is 7.89. The average molecular weight is 392 g/mol. The first-order chi connectivity index (χ1) is 12.5. The van der Waals surface area contributed by atoms with Gasteiger partial charge in [-0.1, -0.05) is 24.3 Å². The van der Waals surface area contributed by atoms with E-state index in [2.05, 4.69) is 10.0 Å². The van der Waals surface area contributed by atoms with E-state index in [-0.39, 0.29) is 23.0 Å². The number of amides is 1. The Morgan fingerprint density at radius 1 is 0.963 bits per heavy atom. The van der Waals surface area contributed by atoms with E-state index >= 15 is 0 Å². The second kappa shape index (κ2) is 8.63. The molecule has 5 nitrogen and oxygen atoms in total. The van der Waals surface area contributed by atoms with Gasteiger partial charge >= 0.3 is 0 Å². The highest BCUT2D eigenvalue weighted by Gasteiger charge is 2.21. The second-order valence-electron chi connectivity index (χ2n) is 7.40. The van der Waals surface area contributed by atoms with Gasteiger partial charge in [-0.05, 0) is 62.6 Å². The average Bonchev–Trinajstić information content (AvgIpc) is 2.58. The molecule has 27 heavy (non-hydrogen) atoms. The van der Waals surface area contributed by atoms with E-state index in [1.807, 2.05) is 0 Å². The van der Waals surface area contributed by atoms with Crippen LogP contribution in [0.25, 0.3) is 0 Å². The quantitative estimate of drug-likeness (QED) is 0.760. The Balaban J connectivity index is 1.85. The molecule has 2 aromatic rings. The van der Waals surface area contributed by atoms with Gasteiger partial charge in [-0.25, -0.2) is 17.5 Å². The van der Waals surface area contributed by atoms with E-state index in [1.165, 1.54) is 12.1 Å². The van der Waals surface area contributed by atoms with E-state index in [0.717, 1.165) is 11.1 Å². The standard InChI is InChI=1S/C20H25FN2O3S/c1-20(2,3)23-27(25,26)18-11-6-15(7-12-18)8-13-19(24)22-14-16-4-9-17(21)10-5-16/h4-7,9-12,23H,8,13-14H2,1-3H3,(H,22,24). The molecule has 0 spiro atoms. The van der Waals surface area contributed by atoms with Crippen LogP contribution >= 0.6 is 0 Å². The van der Waals surface area contributed by atoms with Crippen LogP contribution in [0.15, 0.2) is 53.4 Å². The fraction of sp³-hybridized carbons (Fsp3) is 0.350. The molecule has 0 heterocycles. The molecule has 1 amide bonds. The third kappa shape index (κ3) is 7.11. The number of hydrogen-bond acceptors (Lipinski definition) is 3. The SMILES string of the molecule is CC(C)(C)NS(=O)(=O)c1ccc(CCC(=O)NCc2ccc(F)cc2)cc1. The predicted octanol–water partition coefficient (Wildman–Crippen LogP) is 3.15. The van der Waals surface area contributed by atoms with Gasteiger partial charge in [-0.2, -0.15) is 0 Å². The molecule has 0 atom stereocenters. The molecule has 0 aromatic heterocycles. The van der Waals surface area contributed by atoms with E-state index in [1.54, 1.807) is 57.2 Å². The van der Waals surface area contributed by atoms with E-state index < -0.39 is 15.6 Å². The monoisotopic (exact) mass is 392 g/mol. The fourth-order valence-corrected chi connectivity index (χ4v) is 3.86. The van der Waals surface area contributed by atoms with Gasteiger partial charge in [0.25, 0.3) is 0 Å². The molecule has 0 bridgehead atoms. The number of carbonyl (C=O) groups is 1. The zero-order valence-electron chi connectivity index (χ0n) is 15.8. The van der Waals surface area contributed by atoms with Crippen molar-refractivity contribution in [3.8, 4) is 0 Å². The Hall–Kier alpha value is -2.25. The zero-order chi connectivity index (χ0) is 20.1. The van der Waals surface area contributed by atoms with Gasteiger partial charge < -0.3 is 5.32 Å². The maximum atomic E-state index is 12.8. The first-order valence-corrected chi connectivity index (χ1v) is 10.2. The molecule has 0 saturated carbocycles. The lowest BCUT2D eigenvalue weighted by Crippen LogP contribution is -2.40. The number of halogens is 1. The van der Waals surface area contributed by atoms with Crippen LogP contribution in [0.1, 0.15) is 38.3 Å². The maximum absolute atomic E-state index is 12.8. The van der Waals surface area contributed by atoms with Crippen LogP contribution in [-0.4, -0.2) is 19.9 Å². The minimum absolute atomic E-state index is 0.120. The number of hydrogen-bond donors (Lipinski definition) is 2. The molecule has 7 heteroatoms. The van der Waals surface area contributed by atoms with Crippen molar-refractivity contribution >= 4 is 15.9 Å². The minimum atomic E-state index is -3.56.